The Morgan fingerprint density at radius 3 is 2.43 bits per heavy atom. The molecule has 2 aromatic rings. The van der Waals surface area contributed by atoms with Gasteiger partial charge in [-0.15, -0.1) is 0 Å². The number of nitrogens with two attached hydrogens (primary N) is 1. The lowest BCUT2D eigenvalue weighted by atomic mass is 10.1. The summed E-state index contributed by atoms with van der Waals surface area (Å²) < 4.78 is 10.4. The van der Waals surface area contributed by atoms with Crippen LogP contribution in [0.4, 0.5) is 11.4 Å². The Hall–Kier alpha value is -2.69. The minimum atomic E-state index is -0.248. The average Bonchev–Trinajstić information content (AvgIpc) is 2.49. The van der Waals surface area contributed by atoms with Crippen LogP contribution in [0.15, 0.2) is 36.4 Å². The fraction of sp³-hybridized carbons (Fsp3) is 0.188. The molecule has 0 heterocycles. The van der Waals surface area contributed by atoms with Gasteiger partial charge in [-0.1, -0.05) is 12.1 Å². The van der Waals surface area contributed by atoms with Crippen LogP contribution in [-0.2, 0) is 0 Å². The van der Waals surface area contributed by atoms with Crippen LogP contribution in [0.5, 0.6) is 11.5 Å². The van der Waals surface area contributed by atoms with Crippen molar-refractivity contribution in [3.05, 3.63) is 47.5 Å². The lowest BCUT2D eigenvalue weighted by Crippen LogP contribution is -2.14. The summed E-state index contributed by atoms with van der Waals surface area (Å²) in [4.78, 5) is 12.4. The van der Waals surface area contributed by atoms with Gasteiger partial charge in [0.15, 0.2) is 0 Å². The number of anilines is 2. The summed E-state index contributed by atoms with van der Waals surface area (Å²) in [5.74, 6) is 0.799. The lowest BCUT2D eigenvalue weighted by Gasteiger charge is -2.13. The number of nitrogen functional groups attached to an aromatic ring is 1. The molecule has 5 nitrogen and oxygen atoms in total. The van der Waals surface area contributed by atoms with Crippen LogP contribution < -0.4 is 20.5 Å². The molecule has 0 aliphatic rings. The van der Waals surface area contributed by atoms with Crippen molar-refractivity contribution in [1.29, 1.82) is 0 Å². The Labute approximate surface area is 123 Å². The maximum atomic E-state index is 12.4. The van der Waals surface area contributed by atoms with Gasteiger partial charge in [-0.2, -0.15) is 0 Å². The number of carbonyl (C=O) groups excluding carboxylic acids is 1. The highest BCUT2D eigenvalue weighted by molar-refractivity contribution is 6.06. The number of methoxy groups -OCH3 is 2. The molecule has 0 aliphatic carbocycles. The zero-order valence-electron chi connectivity index (χ0n) is 12.3. The second-order valence-electron chi connectivity index (χ2n) is 4.56. The van der Waals surface area contributed by atoms with Gasteiger partial charge in [0.25, 0.3) is 5.91 Å². The van der Waals surface area contributed by atoms with Crippen LogP contribution in [0, 0.1) is 6.92 Å². The van der Waals surface area contributed by atoms with Crippen LogP contribution in [0.2, 0.25) is 0 Å². The van der Waals surface area contributed by atoms with Gasteiger partial charge in [0.05, 0.1) is 25.5 Å². The summed E-state index contributed by atoms with van der Waals surface area (Å²) in [5.41, 5.74) is 8.34. The number of amides is 1. The van der Waals surface area contributed by atoms with Crippen molar-refractivity contribution >= 4 is 17.3 Å². The number of nitrogens with one attached hydrogen (secondary N) is 1. The van der Waals surface area contributed by atoms with Gasteiger partial charge in [0.1, 0.15) is 11.5 Å². The Morgan fingerprint density at radius 2 is 1.76 bits per heavy atom. The van der Waals surface area contributed by atoms with Crippen molar-refractivity contribution in [3.63, 3.8) is 0 Å². The molecule has 3 N–H and O–H groups in total. The van der Waals surface area contributed by atoms with Gasteiger partial charge < -0.3 is 20.5 Å². The highest BCUT2D eigenvalue weighted by atomic mass is 16.5. The minimum absolute atomic E-state index is 0.248. The summed E-state index contributed by atoms with van der Waals surface area (Å²) in [5, 5.41) is 2.85. The molecule has 21 heavy (non-hydrogen) atoms. The molecule has 0 atom stereocenters. The van der Waals surface area contributed by atoms with Crippen LogP contribution in [0.3, 0.4) is 0 Å². The monoisotopic (exact) mass is 286 g/mol. The molecular weight excluding hydrogens is 268 g/mol. The molecule has 0 fully saturated rings. The maximum absolute atomic E-state index is 12.4. The van der Waals surface area contributed by atoms with Crippen molar-refractivity contribution in [1.82, 2.24) is 0 Å². The third-order valence-electron chi connectivity index (χ3n) is 3.18. The van der Waals surface area contributed by atoms with Crippen molar-refractivity contribution in [2.75, 3.05) is 25.3 Å². The average molecular weight is 286 g/mol. The molecule has 2 aromatic carbocycles. The Bertz CT molecular complexity index is 669. The predicted octanol–water partition coefficient (Wildman–Crippen LogP) is 2.85. The van der Waals surface area contributed by atoms with Gasteiger partial charge in [-0.3, -0.25) is 4.79 Å². The fourth-order valence-electron chi connectivity index (χ4n) is 2.04. The minimum Gasteiger partial charge on any atom is -0.496 e. The predicted molar refractivity (Wildman–Crippen MR) is 83.1 cm³/mol. The van der Waals surface area contributed by atoms with Crippen LogP contribution >= 0.6 is 0 Å². The van der Waals surface area contributed by atoms with Gasteiger partial charge in [0, 0.05) is 11.8 Å². The Kier molecular flexibility index (Phi) is 4.33. The number of rotatable bonds is 4. The zero-order chi connectivity index (χ0) is 15.4. The molecule has 0 saturated heterocycles. The molecule has 1 amide bonds. The van der Waals surface area contributed by atoms with E-state index >= 15 is 0 Å². The van der Waals surface area contributed by atoms with E-state index in [2.05, 4.69) is 5.32 Å². The number of aryl methyl sites for hydroxylation is 1. The summed E-state index contributed by atoms with van der Waals surface area (Å²) in [7, 11) is 3.07. The van der Waals surface area contributed by atoms with E-state index in [9.17, 15) is 4.79 Å². The quantitative estimate of drug-likeness (QED) is 0.848. The van der Waals surface area contributed by atoms with Crippen molar-refractivity contribution in [3.8, 4) is 11.5 Å². The first-order chi connectivity index (χ1) is 10.1. The standard InChI is InChI=1S/C16H18N2O3/c1-10-8-12(17)15(21-3)9-13(10)18-16(19)11-6-4-5-7-14(11)20-2/h4-9H,17H2,1-3H3,(H,18,19). The summed E-state index contributed by atoms with van der Waals surface area (Å²) in [6.07, 6.45) is 0. The molecule has 0 unspecified atom stereocenters. The van der Waals surface area contributed by atoms with Gasteiger partial charge in [0.2, 0.25) is 0 Å². The number of benzene rings is 2. The Morgan fingerprint density at radius 1 is 1.10 bits per heavy atom. The highest BCUT2D eigenvalue weighted by Crippen LogP contribution is 2.29. The SMILES string of the molecule is COc1cc(NC(=O)c2ccccc2OC)c(C)cc1N. The molecule has 2 rings (SSSR count). The van der Waals surface area contributed by atoms with E-state index in [1.165, 1.54) is 14.2 Å². The van der Waals surface area contributed by atoms with Crippen molar-refractivity contribution in [2.45, 2.75) is 6.92 Å². The first-order valence-electron chi connectivity index (χ1n) is 6.45. The summed E-state index contributed by atoms with van der Waals surface area (Å²) in [6.45, 7) is 1.87. The number of hydrogen-bond donors (Lipinski definition) is 2. The molecule has 0 radical (unpaired) electrons. The van der Waals surface area contributed by atoms with Crippen LogP contribution in [-0.4, -0.2) is 20.1 Å². The number of para-hydroxylation sites is 1. The first kappa shape index (κ1) is 14.7. The van der Waals surface area contributed by atoms with Gasteiger partial charge in [-0.25, -0.2) is 0 Å². The van der Waals surface area contributed by atoms with Crippen molar-refractivity contribution < 1.29 is 14.3 Å². The topological polar surface area (TPSA) is 73.6 Å². The smallest absolute Gasteiger partial charge is 0.259 e. The molecule has 110 valence electrons. The molecular formula is C16H18N2O3. The molecule has 5 heteroatoms. The zero-order valence-corrected chi connectivity index (χ0v) is 12.3. The van der Waals surface area contributed by atoms with Crippen molar-refractivity contribution in [2.24, 2.45) is 0 Å². The fourth-order valence-corrected chi connectivity index (χ4v) is 2.04. The third-order valence-corrected chi connectivity index (χ3v) is 3.18. The Balaban J connectivity index is 2.31. The van der Waals surface area contributed by atoms with E-state index in [0.29, 0.717) is 28.4 Å². The van der Waals surface area contributed by atoms with Gasteiger partial charge >= 0.3 is 0 Å². The summed E-state index contributed by atoms with van der Waals surface area (Å²) in [6, 6.07) is 10.5. The second-order valence-corrected chi connectivity index (χ2v) is 4.56. The number of ether oxygens (including phenoxy) is 2. The van der Waals surface area contributed by atoms with E-state index in [4.69, 9.17) is 15.2 Å². The van der Waals surface area contributed by atoms with Crippen LogP contribution in [0.1, 0.15) is 15.9 Å². The lowest BCUT2D eigenvalue weighted by molar-refractivity contribution is 0.102. The first-order valence-corrected chi connectivity index (χ1v) is 6.45. The number of hydrogen-bond acceptors (Lipinski definition) is 4. The summed E-state index contributed by atoms with van der Waals surface area (Å²) >= 11 is 0. The van der Waals surface area contributed by atoms with E-state index in [1.807, 2.05) is 13.0 Å². The second kappa shape index (κ2) is 6.17. The molecule has 0 aromatic heterocycles. The molecule has 0 aliphatic heterocycles. The normalized spacial score (nSPS) is 10.0. The highest BCUT2D eigenvalue weighted by Gasteiger charge is 2.14. The maximum Gasteiger partial charge on any atom is 0.259 e. The van der Waals surface area contributed by atoms with E-state index in [1.54, 1.807) is 30.3 Å². The van der Waals surface area contributed by atoms with E-state index in [-0.39, 0.29) is 5.91 Å². The van der Waals surface area contributed by atoms with Gasteiger partial charge in [-0.05, 0) is 30.7 Å². The third kappa shape index (κ3) is 3.08. The molecule has 0 spiro atoms. The van der Waals surface area contributed by atoms with E-state index in [0.717, 1.165) is 5.56 Å². The molecule has 0 bridgehead atoms. The largest absolute Gasteiger partial charge is 0.496 e. The number of carbonyl (C=O) groups is 1. The van der Waals surface area contributed by atoms with Crippen LogP contribution in [0.25, 0.3) is 0 Å². The molecule has 0 saturated carbocycles. The van der Waals surface area contributed by atoms with E-state index < -0.39 is 0 Å².